The van der Waals surface area contributed by atoms with Crippen molar-refractivity contribution in [2.24, 2.45) is 0 Å². The maximum atomic E-state index is 13.5. The summed E-state index contributed by atoms with van der Waals surface area (Å²) in [4.78, 5) is 8.50. The van der Waals surface area contributed by atoms with Crippen LogP contribution in [0.2, 0.25) is 0 Å². The van der Waals surface area contributed by atoms with Gasteiger partial charge in [-0.05, 0) is 18.2 Å². The minimum Gasteiger partial charge on any atom is -0.493 e. The Balaban J connectivity index is 1.72. The fourth-order valence-corrected chi connectivity index (χ4v) is 2.42. The summed E-state index contributed by atoms with van der Waals surface area (Å²) in [5.74, 6) is 1.68. The molecule has 0 amide bonds. The van der Waals surface area contributed by atoms with Crippen molar-refractivity contribution in [1.82, 2.24) is 9.97 Å². The maximum absolute atomic E-state index is 13.5. The zero-order valence-electron chi connectivity index (χ0n) is 14.0. The van der Waals surface area contributed by atoms with Crippen molar-refractivity contribution in [2.45, 2.75) is 0 Å². The predicted octanol–water partition coefficient (Wildman–Crippen LogP) is 3.28. The van der Waals surface area contributed by atoms with Gasteiger partial charge in [-0.25, -0.2) is 14.4 Å². The zero-order valence-corrected chi connectivity index (χ0v) is 14.0. The Kier molecular flexibility index (Phi) is 5.13. The van der Waals surface area contributed by atoms with E-state index in [-0.39, 0.29) is 11.6 Å². The molecule has 1 aromatic heterocycles. The summed E-state index contributed by atoms with van der Waals surface area (Å²) in [5, 5.41) is 3.97. The van der Waals surface area contributed by atoms with Crippen molar-refractivity contribution < 1.29 is 18.6 Å². The van der Waals surface area contributed by atoms with Gasteiger partial charge in [0.15, 0.2) is 23.1 Å². The number of fused-ring (bicyclic) bond motifs is 1. The highest BCUT2D eigenvalue weighted by Gasteiger charge is 2.10. The highest BCUT2D eigenvalue weighted by atomic mass is 19.1. The summed E-state index contributed by atoms with van der Waals surface area (Å²) in [6.07, 6.45) is 1.47. The van der Waals surface area contributed by atoms with E-state index in [1.807, 2.05) is 6.07 Å². The van der Waals surface area contributed by atoms with Crippen LogP contribution in [0.15, 0.2) is 42.7 Å². The van der Waals surface area contributed by atoms with Crippen LogP contribution in [0.3, 0.4) is 0 Å². The Morgan fingerprint density at radius 3 is 2.52 bits per heavy atom. The highest BCUT2D eigenvalue weighted by Crippen LogP contribution is 2.33. The van der Waals surface area contributed by atoms with Gasteiger partial charge in [0.2, 0.25) is 0 Å². The van der Waals surface area contributed by atoms with Crippen LogP contribution in [0.1, 0.15) is 0 Å². The molecule has 130 valence electrons. The van der Waals surface area contributed by atoms with Crippen LogP contribution in [0.25, 0.3) is 10.9 Å². The molecule has 0 atom stereocenters. The van der Waals surface area contributed by atoms with E-state index in [1.54, 1.807) is 38.5 Å². The largest absolute Gasteiger partial charge is 0.493 e. The molecule has 1 heterocycles. The summed E-state index contributed by atoms with van der Waals surface area (Å²) < 4.78 is 29.5. The summed E-state index contributed by atoms with van der Waals surface area (Å²) in [6, 6.07) is 9.90. The Hall–Kier alpha value is -3.09. The van der Waals surface area contributed by atoms with Gasteiger partial charge >= 0.3 is 0 Å². The van der Waals surface area contributed by atoms with Crippen molar-refractivity contribution in [1.29, 1.82) is 0 Å². The average molecular weight is 343 g/mol. The van der Waals surface area contributed by atoms with E-state index >= 15 is 0 Å². The average Bonchev–Trinajstić information content (AvgIpc) is 2.65. The number of halogens is 1. The molecule has 0 saturated carbocycles. The molecule has 3 rings (SSSR count). The van der Waals surface area contributed by atoms with Gasteiger partial charge in [0.25, 0.3) is 0 Å². The Morgan fingerprint density at radius 2 is 1.76 bits per heavy atom. The molecular formula is C18H18FN3O3. The highest BCUT2D eigenvalue weighted by molar-refractivity contribution is 5.91. The van der Waals surface area contributed by atoms with Gasteiger partial charge in [-0.15, -0.1) is 0 Å². The predicted molar refractivity (Wildman–Crippen MR) is 93.0 cm³/mol. The second kappa shape index (κ2) is 7.65. The molecule has 0 saturated heterocycles. The van der Waals surface area contributed by atoms with Crippen molar-refractivity contribution in [2.75, 3.05) is 32.7 Å². The van der Waals surface area contributed by atoms with Gasteiger partial charge in [0.05, 0.1) is 26.3 Å². The van der Waals surface area contributed by atoms with Gasteiger partial charge in [-0.3, -0.25) is 0 Å². The summed E-state index contributed by atoms with van der Waals surface area (Å²) in [5.41, 5.74) is 0.727. The molecule has 0 spiro atoms. The minimum atomic E-state index is -0.383. The number of methoxy groups -OCH3 is 2. The van der Waals surface area contributed by atoms with Gasteiger partial charge < -0.3 is 19.5 Å². The number of nitrogens with zero attached hydrogens (tertiary/aromatic N) is 2. The number of anilines is 1. The second-order valence-electron chi connectivity index (χ2n) is 5.15. The summed E-state index contributed by atoms with van der Waals surface area (Å²) in [6.45, 7) is 0.745. The quantitative estimate of drug-likeness (QED) is 0.664. The molecular weight excluding hydrogens is 325 g/mol. The molecule has 0 aliphatic heterocycles. The monoisotopic (exact) mass is 343 g/mol. The second-order valence-corrected chi connectivity index (χ2v) is 5.15. The van der Waals surface area contributed by atoms with Gasteiger partial charge in [0.1, 0.15) is 18.8 Å². The lowest BCUT2D eigenvalue weighted by atomic mass is 10.2. The molecule has 0 aliphatic rings. The van der Waals surface area contributed by atoms with E-state index in [0.29, 0.717) is 30.5 Å². The van der Waals surface area contributed by atoms with Gasteiger partial charge in [-0.2, -0.15) is 0 Å². The lowest BCUT2D eigenvalue weighted by Gasteiger charge is -2.12. The van der Waals surface area contributed by atoms with Crippen LogP contribution in [-0.4, -0.2) is 37.3 Å². The molecule has 3 aromatic rings. The smallest absolute Gasteiger partial charge is 0.165 e. The van der Waals surface area contributed by atoms with Crippen molar-refractivity contribution >= 4 is 16.7 Å². The number of hydrogen-bond acceptors (Lipinski definition) is 6. The molecule has 6 nitrogen and oxygen atoms in total. The lowest BCUT2D eigenvalue weighted by Crippen LogP contribution is -2.13. The molecule has 7 heteroatoms. The minimum absolute atomic E-state index is 0.225. The van der Waals surface area contributed by atoms with E-state index in [4.69, 9.17) is 14.2 Å². The van der Waals surface area contributed by atoms with Crippen LogP contribution in [-0.2, 0) is 0 Å². The van der Waals surface area contributed by atoms with Gasteiger partial charge in [-0.1, -0.05) is 12.1 Å². The van der Waals surface area contributed by atoms with E-state index in [1.165, 1.54) is 12.4 Å². The molecule has 0 radical (unpaired) electrons. The lowest BCUT2D eigenvalue weighted by molar-refractivity contribution is 0.315. The zero-order chi connectivity index (χ0) is 17.6. The van der Waals surface area contributed by atoms with Crippen LogP contribution in [0, 0.1) is 5.82 Å². The number of ether oxygens (including phenoxy) is 3. The number of nitrogens with one attached hydrogen (secondary N) is 1. The topological polar surface area (TPSA) is 65.5 Å². The number of benzene rings is 2. The number of rotatable bonds is 7. The molecule has 0 unspecified atom stereocenters. The molecule has 1 N–H and O–H groups in total. The first kappa shape index (κ1) is 16.8. The first-order valence-electron chi connectivity index (χ1n) is 7.71. The van der Waals surface area contributed by atoms with Crippen LogP contribution in [0.4, 0.5) is 10.2 Å². The third-order valence-electron chi connectivity index (χ3n) is 3.63. The van der Waals surface area contributed by atoms with Crippen molar-refractivity contribution in [3.05, 3.63) is 48.5 Å². The van der Waals surface area contributed by atoms with E-state index in [9.17, 15) is 4.39 Å². The van der Waals surface area contributed by atoms with Gasteiger partial charge in [0, 0.05) is 11.5 Å². The normalized spacial score (nSPS) is 10.5. The molecule has 2 aromatic carbocycles. The molecule has 0 bridgehead atoms. The number of hydrogen-bond donors (Lipinski definition) is 1. The Morgan fingerprint density at radius 1 is 1.00 bits per heavy atom. The van der Waals surface area contributed by atoms with Crippen LogP contribution < -0.4 is 19.5 Å². The maximum Gasteiger partial charge on any atom is 0.165 e. The summed E-state index contributed by atoms with van der Waals surface area (Å²) >= 11 is 0. The summed E-state index contributed by atoms with van der Waals surface area (Å²) in [7, 11) is 3.15. The van der Waals surface area contributed by atoms with Crippen molar-refractivity contribution in [3.8, 4) is 17.2 Å². The fourth-order valence-electron chi connectivity index (χ4n) is 2.42. The van der Waals surface area contributed by atoms with E-state index < -0.39 is 0 Å². The fraction of sp³-hybridized carbons (Fsp3) is 0.222. The number of aromatic nitrogens is 2. The standard InChI is InChI=1S/C18H18FN3O3/c1-23-16-9-12-14(10-17(16)24-2)21-11-22-18(12)20-7-8-25-15-6-4-3-5-13(15)19/h3-6,9-11H,7-8H2,1-2H3,(H,20,21,22). The van der Waals surface area contributed by atoms with Crippen LogP contribution in [0.5, 0.6) is 17.2 Å². The van der Waals surface area contributed by atoms with Crippen molar-refractivity contribution in [3.63, 3.8) is 0 Å². The molecule has 0 aliphatic carbocycles. The Bertz CT molecular complexity index is 873. The number of para-hydroxylation sites is 1. The third-order valence-corrected chi connectivity index (χ3v) is 3.63. The van der Waals surface area contributed by atoms with E-state index in [2.05, 4.69) is 15.3 Å². The third kappa shape index (κ3) is 3.71. The van der Waals surface area contributed by atoms with Crippen LogP contribution >= 0.6 is 0 Å². The molecule has 0 fully saturated rings. The first-order chi connectivity index (χ1) is 12.2. The Labute approximate surface area is 144 Å². The first-order valence-corrected chi connectivity index (χ1v) is 7.71. The van der Waals surface area contributed by atoms with E-state index in [0.717, 1.165) is 10.9 Å². The molecule has 25 heavy (non-hydrogen) atoms. The SMILES string of the molecule is COc1cc2ncnc(NCCOc3ccccc3F)c2cc1OC.